The first-order valence-electron chi connectivity index (χ1n) is 31.2. The number of methoxy groups -OCH3 is 3. The number of hydrogen-bond acceptors (Lipinski definition) is 21. The van der Waals surface area contributed by atoms with Crippen LogP contribution >= 0.6 is 15.9 Å². The smallest absolute Gasteiger partial charge is 0.303 e. The molecule has 30 heteroatoms. The third-order valence-electron chi connectivity index (χ3n) is 12.9. The molecule has 27 nitrogen and oxygen atoms in total. The van der Waals surface area contributed by atoms with Gasteiger partial charge in [-0.05, 0) is 184 Å². The van der Waals surface area contributed by atoms with Crippen molar-refractivity contribution in [1.82, 2.24) is 9.66 Å². The summed E-state index contributed by atoms with van der Waals surface area (Å²) in [4.78, 5) is 77.2. The number of hydrazone groups is 2. The SMILES string of the molecule is CCCCBr.COc1cc(/C=N\NS(=O)(=O)c2ccc(C)cc2)ccc1OCCCC(=O)O.COc1cc(C=O)ccc1O.COc1cc(C=O)ccc1OCCCC(=O)O.Cc1ccc(S(=O)(=O)N/N=C\c2ccc(OCCCC(=O)O)cc2)cc1.O=Cc1ccc(OCCCC(=O)O)cc1. The molecule has 0 aliphatic heterocycles. The second-order valence-corrected chi connectivity index (χ2v) is 25.1. The van der Waals surface area contributed by atoms with E-state index >= 15 is 0 Å². The van der Waals surface area contributed by atoms with Gasteiger partial charge in [0.15, 0.2) is 34.5 Å². The van der Waals surface area contributed by atoms with Crippen LogP contribution in [-0.4, -0.2) is 151 Å². The molecule has 7 aromatic carbocycles. The first-order chi connectivity index (χ1) is 48.8. The number of aryl methyl sites for hydroxylation is 2. The highest BCUT2D eigenvalue weighted by Gasteiger charge is 2.14. The zero-order valence-electron chi connectivity index (χ0n) is 57.1. The molecule has 7 rings (SSSR count). The van der Waals surface area contributed by atoms with Crippen LogP contribution in [0.15, 0.2) is 172 Å². The summed E-state index contributed by atoms with van der Waals surface area (Å²) in [5.41, 5.74) is 4.79. The molecule has 0 spiro atoms. The summed E-state index contributed by atoms with van der Waals surface area (Å²) < 4.78 is 85.3. The number of hydrogen-bond donors (Lipinski definition) is 7. The minimum Gasteiger partial charge on any atom is -0.504 e. The second-order valence-electron chi connectivity index (χ2n) is 21.0. The summed E-state index contributed by atoms with van der Waals surface area (Å²) in [5, 5.41) is 51.8. The standard InChI is InChI=1S/C19H22N2O6S.C18H20N2O5S.C12H14O5.C11H12O4.C8H8O3.C4H9Br/c1-14-5-8-16(9-6-14)28(24,25)21-20-13-15-7-10-17(18(12-15)26-2)27-11-3-4-19(22)23;1-14-4-10-17(11-5-14)26(23,24)20-19-13-15-6-8-16(9-7-15)25-12-2-3-18(21)22;1-16-11-7-9(8-13)4-5-10(11)17-6-2-3-12(14)15;12-8-9-3-5-10(6-4-9)15-7-1-2-11(13)14;1-11-8-4-6(5-9)2-3-7(8)10;1-2-3-4-5/h5-10,12-13,21H,3-4,11H2,1-2H3,(H,22,23);4-11,13,20H,2-3,12H2,1H3,(H,21,22);4-5,7-8H,2-3,6H2,1H3,(H,14,15);3-6,8H,1-2,7H2,(H,13,14);2-5,10H,1H3;2-4H2,1H3/b20-13-;19-13-;;;;. The Balaban J connectivity index is 0.000000440. The largest absolute Gasteiger partial charge is 0.504 e. The summed E-state index contributed by atoms with van der Waals surface area (Å²) in [6.45, 7) is 7.15. The Morgan fingerprint density at radius 1 is 0.422 bits per heavy atom. The molecular formula is C72H85BrN4O23S2. The van der Waals surface area contributed by atoms with Gasteiger partial charge in [-0.2, -0.15) is 27.0 Å². The van der Waals surface area contributed by atoms with Crippen LogP contribution in [0.4, 0.5) is 0 Å². The van der Waals surface area contributed by atoms with Crippen LogP contribution in [0.1, 0.15) is 124 Å². The number of phenols is 1. The first kappa shape index (κ1) is 87.2. The van der Waals surface area contributed by atoms with E-state index in [2.05, 4.69) is 42.7 Å². The maximum atomic E-state index is 12.2. The lowest BCUT2D eigenvalue weighted by Gasteiger charge is -2.10. The number of aldehydes is 3. The number of halogens is 1. The molecule has 7 aromatic rings. The Morgan fingerprint density at radius 2 is 0.745 bits per heavy atom. The van der Waals surface area contributed by atoms with Crippen molar-refractivity contribution in [2.45, 2.75) is 94.8 Å². The number of nitrogens with zero attached hydrogens (tertiary/aromatic N) is 2. The second kappa shape index (κ2) is 49.6. The van der Waals surface area contributed by atoms with E-state index in [-0.39, 0.29) is 47.8 Å². The number of phenolic OH excluding ortho intramolecular Hbond substituents is 1. The fourth-order valence-corrected chi connectivity index (χ4v) is 9.62. The fourth-order valence-electron chi connectivity index (χ4n) is 7.47. The molecule has 0 bridgehead atoms. The van der Waals surface area contributed by atoms with Crippen molar-refractivity contribution < 1.29 is 109 Å². The van der Waals surface area contributed by atoms with Crippen LogP contribution in [0.3, 0.4) is 0 Å². The van der Waals surface area contributed by atoms with Crippen molar-refractivity contribution in [2.75, 3.05) is 53.1 Å². The summed E-state index contributed by atoms with van der Waals surface area (Å²) in [6.07, 6.45) is 9.47. The van der Waals surface area contributed by atoms with E-state index in [0.717, 1.165) is 29.0 Å². The van der Waals surface area contributed by atoms with Gasteiger partial charge < -0.3 is 58.7 Å². The fraction of sp³-hybridized carbons (Fsp3) is 0.292. The van der Waals surface area contributed by atoms with Crippen molar-refractivity contribution in [3.63, 3.8) is 0 Å². The molecule has 0 aliphatic rings. The van der Waals surface area contributed by atoms with Crippen LogP contribution in [0.25, 0.3) is 0 Å². The molecule has 0 amide bonds. The Bertz CT molecular complexity index is 3990. The van der Waals surface area contributed by atoms with E-state index in [0.29, 0.717) is 120 Å². The molecular weight excluding hydrogens is 1430 g/mol. The number of rotatable bonds is 36. The molecule has 0 heterocycles. The molecule has 0 atom stereocenters. The van der Waals surface area contributed by atoms with E-state index in [1.165, 1.54) is 89.1 Å². The predicted octanol–water partition coefficient (Wildman–Crippen LogP) is 12.0. The number of aromatic hydroxyl groups is 1. The summed E-state index contributed by atoms with van der Waals surface area (Å²) in [5.74, 6) is 0.0565. The van der Waals surface area contributed by atoms with Crippen LogP contribution in [0.2, 0.25) is 0 Å². The van der Waals surface area contributed by atoms with Gasteiger partial charge in [-0.1, -0.05) is 64.7 Å². The van der Waals surface area contributed by atoms with Crippen molar-refractivity contribution in [3.8, 4) is 46.0 Å². The molecule has 0 unspecified atom stereocenters. The molecule has 0 radical (unpaired) electrons. The normalized spacial score (nSPS) is 10.5. The van der Waals surface area contributed by atoms with Gasteiger partial charge >= 0.3 is 23.9 Å². The monoisotopic (exact) mass is 1520 g/mol. The number of ether oxygens (including phenoxy) is 7. The van der Waals surface area contributed by atoms with Crippen LogP contribution < -0.4 is 42.8 Å². The number of alkyl halides is 1. The topological polar surface area (TPSA) is 402 Å². The average Bonchev–Trinajstić information content (AvgIpc) is 0.858. The number of nitrogens with one attached hydrogen (secondary N) is 2. The summed E-state index contributed by atoms with van der Waals surface area (Å²) >= 11 is 3.31. The lowest BCUT2D eigenvalue weighted by Crippen LogP contribution is -2.18. The van der Waals surface area contributed by atoms with Gasteiger partial charge in [0.05, 0.1) is 70.0 Å². The van der Waals surface area contributed by atoms with Crippen molar-refractivity contribution in [3.05, 3.63) is 191 Å². The number of carboxylic acids is 4. The zero-order chi connectivity index (χ0) is 75.7. The van der Waals surface area contributed by atoms with Gasteiger partial charge in [-0.15, -0.1) is 0 Å². The molecule has 7 N–H and O–H groups in total. The molecule has 0 fully saturated rings. The molecule has 0 saturated carbocycles. The highest BCUT2D eigenvalue weighted by atomic mass is 79.9. The first-order valence-corrected chi connectivity index (χ1v) is 35.3. The number of carbonyl (C=O) groups excluding carboxylic acids is 3. The van der Waals surface area contributed by atoms with Gasteiger partial charge in [0.1, 0.15) is 30.4 Å². The minimum atomic E-state index is -3.74. The molecule has 0 aliphatic carbocycles. The number of benzene rings is 7. The van der Waals surface area contributed by atoms with Gasteiger partial charge in [-0.3, -0.25) is 33.6 Å². The highest BCUT2D eigenvalue weighted by molar-refractivity contribution is 9.09. The van der Waals surface area contributed by atoms with Gasteiger partial charge in [0, 0.05) is 47.7 Å². The number of unbranched alkanes of at least 4 members (excludes halogenated alkanes) is 1. The van der Waals surface area contributed by atoms with Crippen molar-refractivity contribution in [1.29, 1.82) is 0 Å². The van der Waals surface area contributed by atoms with E-state index in [4.69, 9.17) is 58.7 Å². The molecule has 0 saturated heterocycles. The predicted molar refractivity (Wildman–Crippen MR) is 386 cm³/mol. The average molecular weight is 1520 g/mol. The minimum absolute atomic E-state index is 0.0220. The summed E-state index contributed by atoms with van der Waals surface area (Å²) in [6, 6.07) is 40.6. The summed E-state index contributed by atoms with van der Waals surface area (Å²) in [7, 11) is -3.06. The van der Waals surface area contributed by atoms with Gasteiger partial charge in [0.2, 0.25) is 0 Å². The molecule has 102 heavy (non-hydrogen) atoms. The van der Waals surface area contributed by atoms with E-state index in [9.17, 15) is 50.4 Å². The van der Waals surface area contributed by atoms with Crippen molar-refractivity contribution in [2.24, 2.45) is 10.2 Å². The van der Waals surface area contributed by atoms with Crippen LogP contribution in [0.5, 0.6) is 46.0 Å². The third kappa shape index (κ3) is 37.4. The number of carbonyl (C=O) groups is 7. The van der Waals surface area contributed by atoms with Crippen LogP contribution in [-0.2, 0) is 39.2 Å². The maximum Gasteiger partial charge on any atom is 0.303 e. The van der Waals surface area contributed by atoms with Crippen LogP contribution in [0, 0.1) is 13.8 Å². The lowest BCUT2D eigenvalue weighted by atomic mass is 10.2. The Kier molecular flexibility index (Phi) is 42.4. The highest BCUT2D eigenvalue weighted by Crippen LogP contribution is 2.30. The Morgan fingerprint density at radius 3 is 1.09 bits per heavy atom. The Labute approximate surface area is 601 Å². The van der Waals surface area contributed by atoms with Gasteiger partial charge in [-0.25, -0.2) is 9.66 Å². The Hall–Kier alpha value is -10.9. The van der Waals surface area contributed by atoms with E-state index in [1.807, 2.05) is 13.8 Å². The van der Waals surface area contributed by atoms with E-state index in [1.54, 1.807) is 109 Å². The number of sulfonamides is 2. The quantitative estimate of drug-likeness (QED) is 0.00630. The lowest BCUT2D eigenvalue weighted by molar-refractivity contribution is -0.138. The van der Waals surface area contributed by atoms with Crippen molar-refractivity contribution >= 4 is 91.1 Å². The molecule has 0 aromatic heterocycles. The maximum absolute atomic E-state index is 12.2. The third-order valence-corrected chi connectivity index (χ3v) is 15.9. The van der Waals surface area contributed by atoms with E-state index < -0.39 is 43.9 Å². The molecule has 550 valence electrons. The zero-order valence-corrected chi connectivity index (χ0v) is 60.3. The number of aliphatic carboxylic acids is 4. The number of carboxylic acid groups (broad SMARTS) is 4. The van der Waals surface area contributed by atoms with Gasteiger partial charge in [0.25, 0.3) is 20.0 Å².